The summed E-state index contributed by atoms with van der Waals surface area (Å²) in [4.78, 5) is 23.4. The molecule has 0 spiro atoms. The number of para-hydroxylation sites is 1. The molecule has 0 bridgehead atoms. The first-order chi connectivity index (χ1) is 15.9. The Hall–Kier alpha value is -3.03. The normalized spacial score (nSPS) is 25.5. The summed E-state index contributed by atoms with van der Waals surface area (Å²) in [5, 5.41) is 24.3. The highest BCUT2D eigenvalue weighted by Crippen LogP contribution is 2.58. The van der Waals surface area contributed by atoms with Gasteiger partial charge in [-0.1, -0.05) is 42.5 Å². The molecule has 3 aromatic carbocycles. The van der Waals surface area contributed by atoms with Crippen LogP contribution in [0, 0.1) is 16.0 Å². The summed E-state index contributed by atoms with van der Waals surface area (Å²) in [6, 6.07) is 22.0. The molecule has 8 heteroatoms. The molecule has 168 valence electrons. The summed E-state index contributed by atoms with van der Waals surface area (Å²) in [6.45, 7) is 0. The van der Waals surface area contributed by atoms with Gasteiger partial charge in [-0.2, -0.15) is 0 Å². The van der Waals surface area contributed by atoms with Gasteiger partial charge in [0.25, 0.3) is 5.69 Å². The summed E-state index contributed by atoms with van der Waals surface area (Å²) in [7, 11) is 0. The predicted molar refractivity (Wildman–Crippen MR) is 129 cm³/mol. The first kappa shape index (κ1) is 21.8. The van der Waals surface area contributed by atoms with E-state index in [9.17, 15) is 20.0 Å². The maximum atomic E-state index is 11.6. The number of thioether (sulfide) groups is 1. The third-order valence-electron chi connectivity index (χ3n) is 6.56. The molecule has 6 nitrogen and oxygen atoms in total. The lowest BCUT2D eigenvalue weighted by Crippen LogP contribution is -2.31. The third-order valence-corrected chi connectivity index (χ3v) is 8.67. The fourth-order valence-electron chi connectivity index (χ4n) is 5.11. The number of carbonyl (C=O) groups is 1. The molecular weight excluding hydrogens is 460 g/mol. The van der Waals surface area contributed by atoms with Gasteiger partial charge >= 0.3 is 5.97 Å². The summed E-state index contributed by atoms with van der Waals surface area (Å²) in [5.74, 6) is -0.936. The van der Waals surface area contributed by atoms with E-state index in [0.717, 1.165) is 23.2 Å². The van der Waals surface area contributed by atoms with Crippen LogP contribution in [0.4, 0.5) is 11.4 Å². The molecule has 5 rings (SSSR count). The van der Waals surface area contributed by atoms with Gasteiger partial charge in [0.2, 0.25) is 0 Å². The van der Waals surface area contributed by atoms with Crippen LogP contribution in [0.15, 0.2) is 77.7 Å². The SMILES string of the molecule is O=C(O)c1ccc2c(c1)[C@H]1[C@@H](Cl)[C@@H](Sc3ccccc3[N+](=O)[O-])C[C@H]1[C@H](c1ccccc1)N2. The number of anilines is 1. The quantitative estimate of drug-likeness (QED) is 0.252. The number of nitro benzene ring substituents is 1. The summed E-state index contributed by atoms with van der Waals surface area (Å²) in [5.41, 5.74) is 3.23. The number of carboxylic acids is 1. The summed E-state index contributed by atoms with van der Waals surface area (Å²) < 4.78 is 0. The Kier molecular flexibility index (Phi) is 5.76. The minimum atomic E-state index is -0.977. The van der Waals surface area contributed by atoms with Crippen LogP contribution in [0.1, 0.15) is 39.9 Å². The van der Waals surface area contributed by atoms with Crippen LogP contribution in [0.2, 0.25) is 0 Å². The molecular formula is C25H21ClN2O4S. The van der Waals surface area contributed by atoms with Crippen molar-refractivity contribution in [1.29, 1.82) is 0 Å². The molecule has 1 aliphatic carbocycles. The van der Waals surface area contributed by atoms with Crippen LogP contribution in [0.5, 0.6) is 0 Å². The monoisotopic (exact) mass is 480 g/mol. The second-order valence-corrected chi connectivity index (χ2v) is 10.2. The molecule has 1 saturated carbocycles. The van der Waals surface area contributed by atoms with E-state index in [2.05, 4.69) is 17.4 Å². The minimum absolute atomic E-state index is 0.0111. The predicted octanol–water partition coefficient (Wildman–Crippen LogP) is 6.33. The van der Waals surface area contributed by atoms with Crippen molar-refractivity contribution in [2.75, 3.05) is 5.32 Å². The van der Waals surface area contributed by atoms with Crippen LogP contribution in [0.3, 0.4) is 0 Å². The Morgan fingerprint density at radius 2 is 1.82 bits per heavy atom. The highest BCUT2D eigenvalue weighted by Gasteiger charge is 2.50. The first-order valence-electron chi connectivity index (χ1n) is 10.7. The van der Waals surface area contributed by atoms with E-state index in [1.54, 1.807) is 30.3 Å². The number of rotatable bonds is 5. The van der Waals surface area contributed by atoms with Crippen molar-refractivity contribution in [2.45, 2.75) is 33.9 Å². The third kappa shape index (κ3) is 3.96. The van der Waals surface area contributed by atoms with Crippen molar-refractivity contribution < 1.29 is 14.8 Å². The number of halogens is 1. The van der Waals surface area contributed by atoms with E-state index in [1.807, 2.05) is 24.3 Å². The zero-order valence-corrected chi connectivity index (χ0v) is 19.0. The lowest BCUT2D eigenvalue weighted by atomic mass is 9.77. The number of hydrogen-bond acceptors (Lipinski definition) is 5. The van der Waals surface area contributed by atoms with Gasteiger partial charge in [-0.25, -0.2) is 4.79 Å². The van der Waals surface area contributed by atoms with Crippen molar-refractivity contribution in [3.8, 4) is 0 Å². The second kappa shape index (κ2) is 8.72. The fraction of sp³-hybridized carbons (Fsp3) is 0.240. The molecule has 0 saturated heterocycles. The molecule has 2 N–H and O–H groups in total. The summed E-state index contributed by atoms with van der Waals surface area (Å²) in [6.07, 6.45) is 0.749. The van der Waals surface area contributed by atoms with Crippen LogP contribution >= 0.6 is 23.4 Å². The number of benzene rings is 3. The Morgan fingerprint density at radius 1 is 1.09 bits per heavy atom. The number of nitrogens with one attached hydrogen (secondary N) is 1. The molecule has 2 aliphatic rings. The summed E-state index contributed by atoms with van der Waals surface area (Å²) >= 11 is 8.53. The van der Waals surface area contributed by atoms with Crippen LogP contribution in [-0.2, 0) is 0 Å². The standard InChI is InChI=1S/C25H21ClN2O4S/c26-23-21(33-20-9-5-4-8-19(20)28(31)32)13-17-22(23)16-12-15(25(29)30)10-11-18(16)27-24(17)14-6-2-1-3-7-14/h1-12,17,21-24,27H,13H2,(H,29,30)/t17-,21+,22-,23+,24+/m1/s1. The molecule has 0 amide bonds. The molecule has 1 heterocycles. The van der Waals surface area contributed by atoms with Crippen LogP contribution < -0.4 is 5.32 Å². The molecule has 0 unspecified atom stereocenters. The Bertz CT molecular complexity index is 1220. The average molecular weight is 481 g/mol. The Labute approximate surface area is 200 Å². The smallest absolute Gasteiger partial charge is 0.335 e. The van der Waals surface area contributed by atoms with Crippen LogP contribution in [0.25, 0.3) is 0 Å². The number of hydrogen-bond donors (Lipinski definition) is 2. The molecule has 1 aliphatic heterocycles. The van der Waals surface area contributed by atoms with E-state index in [0.29, 0.717) is 4.90 Å². The molecule has 1 fully saturated rings. The van der Waals surface area contributed by atoms with E-state index >= 15 is 0 Å². The lowest BCUT2D eigenvalue weighted by Gasteiger charge is -2.38. The van der Waals surface area contributed by atoms with Gasteiger partial charge in [0.1, 0.15) is 0 Å². The second-order valence-electron chi connectivity index (χ2n) is 8.39. The average Bonchev–Trinajstić information content (AvgIpc) is 3.15. The number of carboxylic acid groups (broad SMARTS) is 1. The molecule has 33 heavy (non-hydrogen) atoms. The van der Waals surface area contributed by atoms with Crippen LogP contribution in [-0.4, -0.2) is 26.6 Å². The fourth-order valence-corrected chi connectivity index (χ4v) is 7.05. The number of aromatic carboxylic acids is 1. The maximum absolute atomic E-state index is 11.6. The van der Waals surface area contributed by atoms with Crippen molar-refractivity contribution >= 4 is 40.7 Å². The Morgan fingerprint density at radius 3 is 2.55 bits per heavy atom. The minimum Gasteiger partial charge on any atom is -0.478 e. The van der Waals surface area contributed by atoms with E-state index in [1.165, 1.54) is 17.8 Å². The van der Waals surface area contributed by atoms with Gasteiger partial charge in [-0.05, 0) is 47.7 Å². The van der Waals surface area contributed by atoms with E-state index in [4.69, 9.17) is 11.6 Å². The number of fused-ring (bicyclic) bond motifs is 3. The Balaban J connectivity index is 1.55. The highest BCUT2D eigenvalue weighted by atomic mass is 35.5. The van der Waals surface area contributed by atoms with Gasteiger partial charge in [0.15, 0.2) is 0 Å². The number of nitrogens with zero attached hydrogens (tertiary/aromatic N) is 1. The van der Waals surface area contributed by atoms with Crippen molar-refractivity contribution in [3.05, 3.63) is 99.6 Å². The zero-order chi connectivity index (χ0) is 23.1. The van der Waals surface area contributed by atoms with Crippen molar-refractivity contribution in [1.82, 2.24) is 0 Å². The molecule has 3 aromatic rings. The molecule has 0 radical (unpaired) electrons. The zero-order valence-electron chi connectivity index (χ0n) is 17.4. The number of alkyl halides is 1. The van der Waals surface area contributed by atoms with Crippen molar-refractivity contribution in [2.24, 2.45) is 5.92 Å². The van der Waals surface area contributed by atoms with E-state index < -0.39 is 5.97 Å². The molecule has 0 aromatic heterocycles. The molecule has 5 atom stereocenters. The lowest BCUT2D eigenvalue weighted by molar-refractivity contribution is -0.387. The topological polar surface area (TPSA) is 92.5 Å². The van der Waals surface area contributed by atoms with Gasteiger partial charge in [-0.15, -0.1) is 23.4 Å². The number of nitro groups is 1. The van der Waals surface area contributed by atoms with Gasteiger partial charge in [-0.3, -0.25) is 10.1 Å². The largest absolute Gasteiger partial charge is 0.478 e. The first-order valence-corrected chi connectivity index (χ1v) is 12.0. The maximum Gasteiger partial charge on any atom is 0.335 e. The van der Waals surface area contributed by atoms with Gasteiger partial charge < -0.3 is 10.4 Å². The van der Waals surface area contributed by atoms with E-state index in [-0.39, 0.29) is 44.7 Å². The van der Waals surface area contributed by atoms with Gasteiger partial charge in [0.05, 0.1) is 26.8 Å². The van der Waals surface area contributed by atoms with Crippen molar-refractivity contribution in [3.63, 3.8) is 0 Å². The van der Waals surface area contributed by atoms with Gasteiger partial charge in [0, 0.05) is 22.9 Å². The highest BCUT2D eigenvalue weighted by molar-refractivity contribution is 8.00.